The van der Waals surface area contributed by atoms with Crippen molar-refractivity contribution in [2.75, 3.05) is 18.9 Å². The fraction of sp³-hybridized carbons (Fsp3) is 0.278. The number of hydrogen-bond donors (Lipinski definition) is 2. The Kier molecular flexibility index (Phi) is 4.70. The zero-order valence-electron chi connectivity index (χ0n) is 13.8. The Morgan fingerprint density at radius 3 is 3.04 bits per heavy atom. The van der Waals surface area contributed by atoms with Crippen LogP contribution >= 0.6 is 0 Å². The van der Waals surface area contributed by atoms with Gasteiger partial charge in [0.15, 0.2) is 0 Å². The molecule has 1 aliphatic rings. The molecule has 3 N–H and O–H groups in total. The molecule has 3 rings (SSSR count). The summed E-state index contributed by atoms with van der Waals surface area (Å²) in [6.45, 7) is 2.43. The molecule has 0 saturated heterocycles. The molecule has 1 atom stereocenters. The number of nitrogens with zero attached hydrogens (tertiary/aromatic N) is 2. The highest BCUT2D eigenvalue weighted by Crippen LogP contribution is 2.28. The smallest absolute Gasteiger partial charge is 0.270 e. The monoisotopic (exact) mass is 338 g/mol. The van der Waals surface area contributed by atoms with E-state index in [1.54, 1.807) is 6.92 Å². The average molecular weight is 338 g/mol. The van der Waals surface area contributed by atoms with Gasteiger partial charge in [0, 0.05) is 6.42 Å². The van der Waals surface area contributed by atoms with Gasteiger partial charge in [-0.2, -0.15) is 5.26 Å². The number of nitrogen functional groups attached to an aromatic ring is 1. The van der Waals surface area contributed by atoms with E-state index in [9.17, 15) is 4.79 Å². The van der Waals surface area contributed by atoms with E-state index >= 15 is 0 Å². The maximum atomic E-state index is 12.4. The fourth-order valence-corrected chi connectivity index (χ4v) is 2.68. The van der Waals surface area contributed by atoms with Crippen LogP contribution < -0.4 is 20.5 Å². The number of nitriles is 1. The molecule has 1 aliphatic heterocycles. The van der Waals surface area contributed by atoms with Crippen molar-refractivity contribution < 1.29 is 14.3 Å². The molecule has 1 amide bonds. The van der Waals surface area contributed by atoms with Crippen molar-refractivity contribution in [1.82, 2.24) is 10.3 Å². The van der Waals surface area contributed by atoms with E-state index in [1.165, 1.54) is 6.07 Å². The first kappa shape index (κ1) is 16.6. The van der Waals surface area contributed by atoms with Crippen LogP contribution in [0.5, 0.6) is 11.6 Å². The third-order valence-electron chi connectivity index (χ3n) is 3.85. The first-order valence-corrected chi connectivity index (χ1v) is 7.98. The summed E-state index contributed by atoms with van der Waals surface area (Å²) in [7, 11) is 0. The number of hydrogen-bond acceptors (Lipinski definition) is 6. The van der Waals surface area contributed by atoms with Crippen molar-refractivity contribution in [2.45, 2.75) is 19.4 Å². The number of rotatable bonds is 5. The first-order chi connectivity index (χ1) is 12.1. The zero-order chi connectivity index (χ0) is 17.8. The van der Waals surface area contributed by atoms with Gasteiger partial charge in [0.05, 0.1) is 18.8 Å². The highest BCUT2D eigenvalue weighted by Gasteiger charge is 2.23. The van der Waals surface area contributed by atoms with Crippen LogP contribution in [0.1, 0.15) is 28.5 Å². The minimum atomic E-state index is -0.392. The second kappa shape index (κ2) is 7.09. The van der Waals surface area contributed by atoms with E-state index in [-0.39, 0.29) is 28.9 Å². The average Bonchev–Trinajstić information content (AvgIpc) is 3.02. The van der Waals surface area contributed by atoms with Crippen molar-refractivity contribution in [3.05, 3.63) is 47.2 Å². The van der Waals surface area contributed by atoms with Gasteiger partial charge < -0.3 is 20.5 Å². The van der Waals surface area contributed by atoms with E-state index in [4.69, 9.17) is 20.5 Å². The summed E-state index contributed by atoms with van der Waals surface area (Å²) >= 11 is 0. The van der Waals surface area contributed by atoms with E-state index < -0.39 is 5.91 Å². The van der Waals surface area contributed by atoms with Crippen molar-refractivity contribution in [1.29, 1.82) is 5.26 Å². The van der Waals surface area contributed by atoms with Crippen LogP contribution in [0.2, 0.25) is 0 Å². The van der Waals surface area contributed by atoms with Crippen LogP contribution in [0, 0.1) is 11.3 Å². The summed E-state index contributed by atoms with van der Waals surface area (Å²) in [6.07, 6.45) is 0.618. The largest absolute Gasteiger partial charge is 0.488 e. The summed E-state index contributed by atoms with van der Waals surface area (Å²) in [5.41, 5.74) is 7.36. The molecule has 2 heterocycles. The lowest BCUT2D eigenvalue weighted by atomic mass is 10.1. The number of fused-ring (bicyclic) bond motifs is 1. The molecule has 2 aromatic rings. The molecule has 0 saturated carbocycles. The molecule has 0 radical (unpaired) electrons. The number of nitrogens with two attached hydrogens (primary N) is 1. The Hall–Kier alpha value is -3.27. The molecule has 1 aromatic heterocycles. The normalized spacial score (nSPS) is 15.0. The number of carbonyl (C=O) groups is 1. The van der Waals surface area contributed by atoms with Crippen LogP contribution in [0.15, 0.2) is 30.3 Å². The van der Waals surface area contributed by atoms with Crippen molar-refractivity contribution >= 4 is 11.6 Å². The zero-order valence-corrected chi connectivity index (χ0v) is 13.8. The van der Waals surface area contributed by atoms with Gasteiger partial charge >= 0.3 is 0 Å². The Bertz CT molecular complexity index is 820. The topological polar surface area (TPSA) is 110 Å². The van der Waals surface area contributed by atoms with Gasteiger partial charge in [-0.3, -0.25) is 4.79 Å². The fourth-order valence-electron chi connectivity index (χ4n) is 2.68. The number of para-hydroxylation sites is 1. The predicted molar refractivity (Wildman–Crippen MR) is 91.4 cm³/mol. The van der Waals surface area contributed by atoms with E-state index in [0.29, 0.717) is 13.2 Å². The predicted octanol–water partition coefficient (Wildman–Crippen LogP) is 1.67. The Balaban J connectivity index is 1.67. The number of amides is 1. The van der Waals surface area contributed by atoms with Gasteiger partial charge in [-0.1, -0.05) is 18.2 Å². The van der Waals surface area contributed by atoms with Crippen LogP contribution in [-0.2, 0) is 6.42 Å². The molecule has 128 valence electrons. The summed E-state index contributed by atoms with van der Waals surface area (Å²) in [6, 6.07) is 11.1. The minimum Gasteiger partial charge on any atom is -0.488 e. The summed E-state index contributed by atoms with van der Waals surface area (Å²) in [4.78, 5) is 16.5. The molecule has 1 unspecified atom stereocenters. The Morgan fingerprint density at radius 1 is 1.52 bits per heavy atom. The number of nitrogens with one attached hydrogen (secondary N) is 1. The van der Waals surface area contributed by atoms with Gasteiger partial charge in [0.1, 0.15) is 29.2 Å². The minimum absolute atomic E-state index is 0.0691. The van der Waals surface area contributed by atoms with Gasteiger partial charge in [0.2, 0.25) is 5.88 Å². The maximum Gasteiger partial charge on any atom is 0.270 e. The van der Waals surface area contributed by atoms with Gasteiger partial charge in [-0.25, -0.2) is 4.98 Å². The molecule has 0 bridgehead atoms. The van der Waals surface area contributed by atoms with Crippen LogP contribution in [0.3, 0.4) is 0 Å². The molecule has 0 spiro atoms. The van der Waals surface area contributed by atoms with E-state index in [1.807, 2.05) is 30.3 Å². The maximum absolute atomic E-state index is 12.4. The lowest BCUT2D eigenvalue weighted by Gasteiger charge is -2.13. The number of pyridine rings is 1. The number of ether oxygens (including phenoxy) is 2. The molecular weight excluding hydrogens is 320 g/mol. The second-order valence-electron chi connectivity index (χ2n) is 5.58. The lowest BCUT2D eigenvalue weighted by molar-refractivity contribution is 0.0927. The number of carbonyl (C=O) groups excluding carboxylic acids is 1. The summed E-state index contributed by atoms with van der Waals surface area (Å²) in [5, 5.41) is 11.9. The molecule has 25 heavy (non-hydrogen) atoms. The Morgan fingerprint density at radius 2 is 2.32 bits per heavy atom. The molecule has 1 aromatic carbocycles. The molecule has 0 aliphatic carbocycles. The standard InChI is InChI=1S/C18H18N4O3/c1-2-24-18-13(9-19)14(20)8-15(22-18)17(23)21-10-12-7-11-5-3-4-6-16(11)25-12/h3-6,8,12H,2,7,10H2,1H3,(H2,20,22)(H,21,23). The number of benzene rings is 1. The highest BCUT2D eigenvalue weighted by atomic mass is 16.5. The van der Waals surface area contributed by atoms with Gasteiger partial charge in [-0.15, -0.1) is 0 Å². The van der Waals surface area contributed by atoms with Gasteiger partial charge in [-0.05, 0) is 24.6 Å². The SMILES string of the molecule is CCOc1nc(C(=O)NCC2Cc3ccccc3O2)cc(N)c1C#N. The second-order valence-corrected chi connectivity index (χ2v) is 5.58. The van der Waals surface area contributed by atoms with Gasteiger partial charge in [0.25, 0.3) is 5.91 Å². The lowest BCUT2D eigenvalue weighted by Crippen LogP contribution is -2.35. The van der Waals surface area contributed by atoms with Crippen molar-refractivity contribution in [3.8, 4) is 17.7 Å². The van der Waals surface area contributed by atoms with Crippen LogP contribution in [0.25, 0.3) is 0 Å². The Labute approximate surface area is 145 Å². The third kappa shape index (κ3) is 3.48. The van der Waals surface area contributed by atoms with Crippen molar-refractivity contribution in [3.63, 3.8) is 0 Å². The van der Waals surface area contributed by atoms with Crippen LogP contribution in [-0.4, -0.2) is 30.1 Å². The van der Waals surface area contributed by atoms with E-state index in [0.717, 1.165) is 17.7 Å². The van der Waals surface area contributed by atoms with E-state index in [2.05, 4.69) is 10.3 Å². The number of aromatic nitrogens is 1. The quantitative estimate of drug-likeness (QED) is 0.858. The molecule has 7 heteroatoms. The third-order valence-corrected chi connectivity index (χ3v) is 3.85. The summed E-state index contributed by atoms with van der Waals surface area (Å²) in [5.74, 6) is 0.525. The molecule has 7 nitrogen and oxygen atoms in total. The highest BCUT2D eigenvalue weighted by molar-refractivity contribution is 5.93. The van der Waals surface area contributed by atoms with Crippen molar-refractivity contribution in [2.24, 2.45) is 0 Å². The molecular formula is C18H18N4O3. The first-order valence-electron chi connectivity index (χ1n) is 7.98. The van der Waals surface area contributed by atoms with Crippen LogP contribution in [0.4, 0.5) is 5.69 Å². The molecule has 0 fully saturated rings. The summed E-state index contributed by atoms with van der Waals surface area (Å²) < 4.78 is 11.1. The number of anilines is 1.